The molecule has 0 spiro atoms. The van der Waals surface area contributed by atoms with Gasteiger partial charge >= 0.3 is 5.97 Å². The molecule has 5 heterocycles. The lowest BCUT2D eigenvalue weighted by Gasteiger charge is -2.42. The summed E-state index contributed by atoms with van der Waals surface area (Å²) in [5, 5.41) is 15.9. The monoisotopic (exact) mass is 958 g/mol. The van der Waals surface area contributed by atoms with Gasteiger partial charge in [0, 0.05) is 81.4 Å². The number of nitrogens with one attached hydrogen (secondary N) is 2. The number of phenols is 1. The number of aryl methyl sites for hydroxylation is 1. The Kier molecular flexibility index (Phi) is 15.3. The molecule has 3 aromatic rings. The van der Waals surface area contributed by atoms with Gasteiger partial charge < -0.3 is 35.1 Å². The SMILES string of the molecule is CCn1c(C2=C([C@H](C)OC)N=CCC2)c2c3cc(ccc31)-c1cc(O)cc(c1)C[C@H](NC(=O)[C@H](C(C)C)N(C)C(=O)C1CN(S(=O)(=O)[C@@H](C)CN)C1)C(=O)N1CCC[C@H](N1)C(=O)OCC(C)(C)C2. The quantitative estimate of drug-likeness (QED) is 0.187. The minimum Gasteiger partial charge on any atom is -0.508 e. The Morgan fingerprint density at radius 1 is 1.10 bits per heavy atom. The fourth-order valence-corrected chi connectivity index (χ4v) is 11.6. The number of allylic oxidation sites excluding steroid dienone is 1. The standard InChI is InChI=1S/C50H70N8O9S/c1-10-57-42-16-15-33-23-38(42)39(45(57)37-13-11-17-52-43(37)31(5)66-9)24-50(6,7)28-67-49(63)40-14-12-18-58(54-40)48(62)41(21-32-19-34(33)22-36(59)20-32)53-46(60)44(29(2)3)55(8)47(61)35-26-56(27-35)68(64,65)30(4)25-51/h15-17,19-20,22-23,29-31,35,40-41,44,54,59H,10-14,18,21,24-28,51H2,1-9H3,(H,53,60)/t30-,31-,40-,41-,44-/m0/s1. The normalized spacial score (nSPS) is 22.1. The van der Waals surface area contributed by atoms with Crippen LogP contribution in [0.5, 0.6) is 5.75 Å². The molecule has 0 saturated carbocycles. The number of aliphatic imine (C=N–C) groups is 1. The maximum absolute atomic E-state index is 14.7. The fourth-order valence-electron chi connectivity index (χ4n) is 10.1. The summed E-state index contributed by atoms with van der Waals surface area (Å²) in [5.74, 6) is -3.05. The second kappa shape index (κ2) is 20.4. The van der Waals surface area contributed by atoms with E-state index in [9.17, 15) is 32.7 Å². The molecule has 5 N–H and O–H groups in total. The number of cyclic esters (lactones) is 1. The molecule has 0 unspecified atom stereocenters. The Bertz CT molecular complexity index is 2600. The molecule has 7 rings (SSSR count). The zero-order chi connectivity index (χ0) is 49.4. The number of sulfonamides is 1. The number of carbonyl (C=O) groups is 4. The molecule has 1 aromatic heterocycles. The topological polar surface area (TPSA) is 218 Å². The third-order valence-electron chi connectivity index (χ3n) is 14.0. The summed E-state index contributed by atoms with van der Waals surface area (Å²) in [6.07, 6.45) is 4.70. The zero-order valence-corrected chi connectivity index (χ0v) is 41.8. The number of carbonyl (C=O) groups excluding carboxylic acids is 4. The highest BCUT2D eigenvalue weighted by atomic mass is 32.2. The number of esters is 1. The van der Waals surface area contributed by atoms with E-state index in [-0.39, 0.29) is 51.1 Å². The van der Waals surface area contributed by atoms with Crippen LogP contribution in [0, 0.1) is 17.3 Å². The number of hydrogen-bond donors (Lipinski definition) is 4. The lowest BCUT2D eigenvalue weighted by molar-refractivity contribution is -0.155. The fraction of sp³-hybridized carbons (Fsp3) is 0.580. The number of likely N-dealkylation sites (N-methyl/N-ethyl adjacent to an activating group) is 1. The number of amides is 3. The number of benzene rings is 2. The number of phenolic OH excluding ortho intramolecular Hbond substituents is 1. The average molecular weight is 959 g/mol. The van der Waals surface area contributed by atoms with E-state index in [0.29, 0.717) is 36.9 Å². The highest BCUT2D eigenvalue weighted by molar-refractivity contribution is 7.89. The first-order valence-corrected chi connectivity index (χ1v) is 25.5. The van der Waals surface area contributed by atoms with Gasteiger partial charge in [-0.25, -0.2) is 13.8 Å². The van der Waals surface area contributed by atoms with Gasteiger partial charge in [-0.1, -0.05) is 39.8 Å². The van der Waals surface area contributed by atoms with Gasteiger partial charge in [0.15, 0.2) is 0 Å². The van der Waals surface area contributed by atoms with E-state index in [1.807, 2.05) is 25.3 Å². The van der Waals surface area contributed by atoms with E-state index in [1.54, 1.807) is 33.1 Å². The molecule has 0 radical (unpaired) electrons. The number of nitrogens with two attached hydrogens (primary N) is 1. The van der Waals surface area contributed by atoms with Crippen LogP contribution in [0.4, 0.5) is 0 Å². The van der Waals surface area contributed by atoms with Gasteiger partial charge in [-0.15, -0.1) is 0 Å². The third-order valence-corrected chi connectivity index (χ3v) is 16.2. The molecule has 4 aliphatic heterocycles. The first-order valence-electron chi connectivity index (χ1n) is 24.0. The van der Waals surface area contributed by atoms with Crippen LogP contribution in [-0.2, 0) is 58.1 Å². The van der Waals surface area contributed by atoms with Gasteiger partial charge in [0.2, 0.25) is 21.8 Å². The van der Waals surface area contributed by atoms with Crippen LogP contribution in [0.15, 0.2) is 47.1 Å². The number of rotatable bonds is 12. The highest BCUT2D eigenvalue weighted by Gasteiger charge is 2.45. The van der Waals surface area contributed by atoms with Crippen molar-refractivity contribution >= 4 is 56.4 Å². The Labute approximate surface area is 400 Å². The molecule has 18 heteroatoms. The lowest BCUT2D eigenvalue weighted by Crippen LogP contribution is -2.63. The summed E-state index contributed by atoms with van der Waals surface area (Å²) in [5.41, 5.74) is 15.5. The number of aromatic nitrogens is 1. The van der Waals surface area contributed by atoms with Crippen LogP contribution < -0.4 is 16.5 Å². The summed E-state index contributed by atoms with van der Waals surface area (Å²) in [7, 11) is -0.470. The lowest BCUT2D eigenvalue weighted by atomic mass is 9.83. The molecule has 5 atom stereocenters. The minimum absolute atomic E-state index is 0.0213. The second-order valence-corrected chi connectivity index (χ2v) is 22.4. The van der Waals surface area contributed by atoms with Crippen LogP contribution in [0.1, 0.15) is 91.0 Å². The maximum atomic E-state index is 14.7. The van der Waals surface area contributed by atoms with E-state index < -0.39 is 74.3 Å². The third kappa shape index (κ3) is 10.3. The second-order valence-electron chi connectivity index (χ2n) is 20.1. The molecular weight excluding hydrogens is 889 g/mol. The van der Waals surface area contributed by atoms with E-state index in [0.717, 1.165) is 51.8 Å². The summed E-state index contributed by atoms with van der Waals surface area (Å²) in [6.45, 7) is 14.4. The van der Waals surface area contributed by atoms with Crippen molar-refractivity contribution in [3.05, 3.63) is 58.9 Å². The molecule has 2 saturated heterocycles. The van der Waals surface area contributed by atoms with Gasteiger partial charge in [-0.3, -0.25) is 29.2 Å². The molecule has 2 aromatic carbocycles. The zero-order valence-electron chi connectivity index (χ0n) is 41.0. The van der Waals surface area contributed by atoms with Crippen molar-refractivity contribution in [1.29, 1.82) is 0 Å². The molecule has 2 fully saturated rings. The Morgan fingerprint density at radius 2 is 1.84 bits per heavy atom. The van der Waals surface area contributed by atoms with Crippen LogP contribution in [0.25, 0.3) is 27.6 Å². The van der Waals surface area contributed by atoms with E-state index >= 15 is 0 Å². The number of ether oxygens (including phenoxy) is 2. The van der Waals surface area contributed by atoms with Crippen molar-refractivity contribution in [3.63, 3.8) is 0 Å². The molecule has 6 bridgehead atoms. The molecule has 0 aliphatic carbocycles. The van der Waals surface area contributed by atoms with Gasteiger partial charge in [-0.05, 0) is 105 Å². The largest absolute Gasteiger partial charge is 0.508 e. The van der Waals surface area contributed by atoms with Gasteiger partial charge in [0.25, 0.3) is 5.91 Å². The first-order chi connectivity index (χ1) is 32.2. The predicted octanol–water partition coefficient (Wildman–Crippen LogP) is 4.38. The van der Waals surface area contributed by atoms with Gasteiger partial charge in [0.1, 0.15) is 23.9 Å². The highest BCUT2D eigenvalue weighted by Crippen LogP contribution is 2.42. The van der Waals surface area contributed by atoms with Gasteiger partial charge in [0.05, 0.1) is 35.3 Å². The van der Waals surface area contributed by atoms with Gasteiger partial charge in [-0.2, -0.15) is 4.31 Å². The van der Waals surface area contributed by atoms with Crippen molar-refractivity contribution in [2.24, 2.45) is 28.0 Å². The number of methoxy groups -OCH3 is 1. The number of fused-ring (bicyclic) bond motifs is 6. The van der Waals surface area contributed by atoms with Crippen molar-refractivity contribution in [2.45, 2.75) is 123 Å². The van der Waals surface area contributed by atoms with Crippen LogP contribution in [0.3, 0.4) is 0 Å². The van der Waals surface area contributed by atoms with E-state index in [1.165, 1.54) is 28.2 Å². The number of nitrogens with zero attached hydrogens (tertiary/aromatic N) is 5. The summed E-state index contributed by atoms with van der Waals surface area (Å²) in [4.78, 5) is 63.3. The van der Waals surface area contributed by atoms with Crippen LogP contribution in [-0.4, -0.2) is 139 Å². The molecule has 370 valence electrons. The maximum Gasteiger partial charge on any atom is 0.324 e. The summed E-state index contributed by atoms with van der Waals surface area (Å²) >= 11 is 0. The molecule has 3 amide bonds. The van der Waals surface area contributed by atoms with Crippen LogP contribution in [0.2, 0.25) is 0 Å². The number of aromatic hydroxyl groups is 1. The summed E-state index contributed by atoms with van der Waals surface area (Å²) < 4.78 is 41.3. The Hall–Kier alpha value is -5.14. The number of hydrazine groups is 1. The molecule has 17 nitrogen and oxygen atoms in total. The summed E-state index contributed by atoms with van der Waals surface area (Å²) in [6, 6.07) is 8.37. The molecule has 4 aliphatic rings. The number of hydrogen-bond acceptors (Lipinski definition) is 12. The van der Waals surface area contributed by atoms with E-state index in [2.05, 4.69) is 48.2 Å². The van der Waals surface area contributed by atoms with E-state index in [4.69, 9.17) is 20.2 Å². The van der Waals surface area contributed by atoms with Crippen molar-refractivity contribution in [1.82, 2.24) is 29.5 Å². The van der Waals surface area contributed by atoms with Crippen LogP contribution >= 0.6 is 0 Å². The average Bonchev–Trinajstić information content (AvgIpc) is 3.59. The Balaban J connectivity index is 1.28. The van der Waals surface area contributed by atoms with Crippen molar-refractivity contribution < 1.29 is 42.2 Å². The van der Waals surface area contributed by atoms with Crippen molar-refractivity contribution in [2.75, 3.05) is 46.9 Å². The predicted molar refractivity (Wildman–Crippen MR) is 262 cm³/mol. The molecule has 68 heavy (non-hydrogen) atoms. The molecular formula is C50H70N8O9S. The smallest absolute Gasteiger partial charge is 0.324 e. The minimum atomic E-state index is -3.67. The van der Waals surface area contributed by atoms with Crippen molar-refractivity contribution in [3.8, 4) is 16.9 Å². The Morgan fingerprint density at radius 3 is 2.51 bits per heavy atom. The first kappa shape index (κ1) is 50.7.